The van der Waals surface area contributed by atoms with Gasteiger partial charge in [0.25, 0.3) is 0 Å². The first kappa shape index (κ1) is 26.5. The number of para-hydroxylation sites is 1. The first-order chi connectivity index (χ1) is 17.4. The van der Waals surface area contributed by atoms with E-state index in [4.69, 9.17) is 15.5 Å². The third-order valence-corrected chi connectivity index (χ3v) is 7.29. The third-order valence-electron chi connectivity index (χ3n) is 6.83. The number of rotatable bonds is 8. The lowest BCUT2D eigenvalue weighted by Crippen LogP contribution is -2.35. The highest BCUT2D eigenvalue weighted by atomic mass is 79.9. The molecule has 4 aromatic rings. The predicted octanol–water partition coefficient (Wildman–Crippen LogP) is 6.71. The molecular weight excluding hydrogens is 530 g/mol. The van der Waals surface area contributed by atoms with E-state index in [1.54, 1.807) is 7.11 Å². The Labute approximate surface area is 226 Å². The lowest BCUT2D eigenvalue weighted by molar-refractivity contribution is -0.122. The fourth-order valence-corrected chi connectivity index (χ4v) is 5.15. The summed E-state index contributed by atoms with van der Waals surface area (Å²) in [4.78, 5) is 19.3. The number of nitrogens with zero attached hydrogens (tertiary/aromatic N) is 3. The molecule has 0 unspecified atom stereocenters. The van der Waals surface area contributed by atoms with Crippen molar-refractivity contribution in [2.75, 3.05) is 17.3 Å². The van der Waals surface area contributed by atoms with E-state index in [-0.39, 0.29) is 11.9 Å². The molecule has 0 atom stereocenters. The van der Waals surface area contributed by atoms with Gasteiger partial charge in [0, 0.05) is 23.2 Å². The number of ether oxygens (including phenoxy) is 1. The number of methoxy groups -OCH3 is 1. The van der Waals surface area contributed by atoms with Gasteiger partial charge in [0.1, 0.15) is 5.75 Å². The summed E-state index contributed by atoms with van der Waals surface area (Å²) in [5.74, 6) is 1.08. The van der Waals surface area contributed by atoms with Crippen molar-refractivity contribution < 1.29 is 9.53 Å². The van der Waals surface area contributed by atoms with Gasteiger partial charge in [-0.3, -0.25) is 4.79 Å². The molecule has 0 bridgehead atoms. The molecule has 1 heterocycles. The van der Waals surface area contributed by atoms with Crippen molar-refractivity contribution in [1.82, 2.24) is 9.55 Å². The average molecular weight is 565 g/mol. The summed E-state index contributed by atoms with van der Waals surface area (Å²) in [6, 6.07) is 18.3. The molecule has 37 heavy (non-hydrogen) atoms. The van der Waals surface area contributed by atoms with Gasteiger partial charge in [-0.05, 0) is 82.1 Å². The molecule has 1 aromatic heterocycles. The molecule has 0 aliphatic heterocycles. The number of aryl methyl sites for hydroxylation is 2. The molecule has 0 aliphatic rings. The second-order valence-electron chi connectivity index (χ2n) is 10.1. The van der Waals surface area contributed by atoms with Gasteiger partial charge < -0.3 is 25.3 Å². The van der Waals surface area contributed by atoms with E-state index in [1.165, 1.54) is 0 Å². The lowest BCUT2D eigenvalue weighted by Gasteiger charge is -2.31. The highest BCUT2D eigenvalue weighted by molar-refractivity contribution is 9.10. The fourth-order valence-electron chi connectivity index (χ4n) is 4.60. The van der Waals surface area contributed by atoms with Crippen LogP contribution in [0.2, 0.25) is 0 Å². The first-order valence-corrected chi connectivity index (χ1v) is 13.0. The van der Waals surface area contributed by atoms with E-state index in [0.29, 0.717) is 5.95 Å². The third kappa shape index (κ3) is 4.90. The van der Waals surface area contributed by atoms with Crippen LogP contribution in [0, 0.1) is 6.92 Å². The number of carbonyl (C=O) groups is 1. The first-order valence-electron chi connectivity index (χ1n) is 12.2. The van der Waals surface area contributed by atoms with Crippen molar-refractivity contribution in [1.29, 1.82) is 0 Å². The Morgan fingerprint density at radius 1 is 1.16 bits per heavy atom. The van der Waals surface area contributed by atoms with Gasteiger partial charge in [-0.15, -0.1) is 0 Å². The second kappa shape index (κ2) is 10.1. The molecule has 8 heteroatoms. The summed E-state index contributed by atoms with van der Waals surface area (Å²) in [7, 11) is 3.67. The topological polar surface area (TPSA) is 85.4 Å². The maximum absolute atomic E-state index is 12.1. The molecule has 194 valence electrons. The molecule has 0 radical (unpaired) electrons. The molecule has 0 saturated carbocycles. The summed E-state index contributed by atoms with van der Waals surface area (Å²) in [5, 5.41) is 3.49. The molecule has 0 fully saturated rings. The molecule has 1 amide bonds. The Hall–Kier alpha value is -3.52. The van der Waals surface area contributed by atoms with Crippen molar-refractivity contribution in [3.8, 4) is 5.75 Å². The number of nitrogens with one attached hydrogen (secondary N) is 1. The number of nitrogens with two attached hydrogens (primary N) is 1. The van der Waals surface area contributed by atoms with Gasteiger partial charge in [0.05, 0.1) is 34.9 Å². The molecule has 3 N–H and O–H groups in total. The molecule has 0 aliphatic carbocycles. The monoisotopic (exact) mass is 563 g/mol. The van der Waals surface area contributed by atoms with Crippen LogP contribution >= 0.6 is 15.9 Å². The zero-order valence-electron chi connectivity index (χ0n) is 22.4. The van der Waals surface area contributed by atoms with Crippen molar-refractivity contribution in [2.45, 2.75) is 46.1 Å². The summed E-state index contributed by atoms with van der Waals surface area (Å²) < 4.78 is 8.65. The van der Waals surface area contributed by atoms with Crippen LogP contribution in [0.15, 0.2) is 59.1 Å². The zero-order chi connectivity index (χ0) is 27.1. The van der Waals surface area contributed by atoms with Gasteiger partial charge in [0.2, 0.25) is 11.9 Å². The normalized spacial score (nSPS) is 11.7. The summed E-state index contributed by atoms with van der Waals surface area (Å²) >= 11 is 3.54. The van der Waals surface area contributed by atoms with E-state index >= 15 is 0 Å². The second-order valence-corrected chi connectivity index (χ2v) is 11.0. The number of carbonyl (C=O) groups excluding carboxylic acids is 1. The fraction of sp³-hybridized carbons (Fsp3) is 0.310. The standard InChI is InChI=1S/C29H34BrN5O2/c1-17(2)35(21-11-8-10-19(15-21)29(4,5)27(31)36)23-13-9-12-22-26(23)34(6)28(32-22)33-25-18(3)14-20(30)16-24(25)37-7/h8-17H,1-7H3,(H2,31,36)(H,32,33). The van der Waals surface area contributed by atoms with Crippen LogP contribution < -0.4 is 20.7 Å². The molecule has 7 nitrogen and oxygen atoms in total. The van der Waals surface area contributed by atoms with E-state index in [0.717, 1.165) is 49.4 Å². The van der Waals surface area contributed by atoms with Crippen molar-refractivity contribution in [3.05, 3.63) is 70.2 Å². The Kier molecular flexibility index (Phi) is 7.24. The summed E-state index contributed by atoms with van der Waals surface area (Å²) in [5.41, 5.74) is 11.6. The van der Waals surface area contributed by atoms with Crippen molar-refractivity contribution in [3.63, 3.8) is 0 Å². The average Bonchev–Trinajstić information content (AvgIpc) is 3.16. The zero-order valence-corrected chi connectivity index (χ0v) is 24.0. The lowest BCUT2D eigenvalue weighted by atomic mass is 9.83. The minimum absolute atomic E-state index is 0.137. The van der Waals surface area contributed by atoms with Crippen LogP contribution in [0.3, 0.4) is 0 Å². The number of primary amides is 1. The number of hydrogen-bond acceptors (Lipinski definition) is 5. The number of amides is 1. The van der Waals surface area contributed by atoms with Crippen LogP contribution in [-0.2, 0) is 17.3 Å². The van der Waals surface area contributed by atoms with E-state index in [2.05, 4.69) is 62.8 Å². The Bertz CT molecular complexity index is 1470. The van der Waals surface area contributed by atoms with Crippen molar-refractivity contribution >= 4 is 55.9 Å². The number of fused-ring (bicyclic) bond motifs is 1. The SMILES string of the molecule is COc1cc(Br)cc(C)c1Nc1nc2cccc(N(c3cccc(C(C)(C)C(N)=O)c3)C(C)C)c2n1C. The van der Waals surface area contributed by atoms with Crippen molar-refractivity contribution in [2.24, 2.45) is 12.8 Å². The van der Waals surface area contributed by atoms with Gasteiger partial charge in [-0.25, -0.2) is 4.98 Å². The maximum Gasteiger partial charge on any atom is 0.227 e. The van der Waals surface area contributed by atoms with Gasteiger partial charge in [-0.2, -0.15) is 0 Å². The molecule has 0 saturated heterocycles. The van der Waals surface area contributed by atoms with Crippen LogP contribution in [-0.4, -0.2) is 28.6 Å². The maximum atomic E-state index is 12.1. The summed E-state index contributed by atoms with van der Waals surface area (Å²) in [6.45, 7) is 10.0. The van der Waals surface area contributed by atoms with Gasteiger partial charge in [0.15, 0.2) is 0 Å². The smallest absolute Gasteiger partial charge is 0.227 e. The number of imidazole rings is 1. The Morgan fingerprint density at radius 3 is 2.51 bits per heavy atom. The number of aromatic nitrogens is 2. The van der Waals surface area contributed by atoms with Crippen LogP contribution in [0.25, 0.3) is 11.0 Å². The van der Waals surface area contributed by atoms with E-state index in [9.17, 15) is 4.79 Å². The predicted molar refractivity (Wildman–Crippen MR) is 155 cm³/mol. The van der Waals surface area contributed by atoms with Gasteiger partial charge in [-0.1, -0.05) is 34.1 Å². The van der Waals surface area contributed by atoms with Crippen LogP contribution in [0.4, 0.5) is 23.0 Å². The minimum atomic E-state index is -0.782. The van der Waals surface area contributed by atoms with Crippen LogP contribution in [0.5, 0.6) is 5.75 Å². The summed E-state index contributed by atoms with van der Waals surface area (Å²) in [6.07, 6.45) is 0. The minimum Gasteiger partial charge on any atom is -0.495 e. The molecule has 0 spiro atoms. The highest BCUT2D eigenvalue weighted by Gasteiger charge is 2.29. The Morgan fingerprint density at radius 2 is 1.86 bits per heavy atom. The number of halogens is 1. The van der Waals surface area contributed by atoms with Crippen LogP contribution in [0.1, 0.15) is 38.8 Å². The quantitative estimate of drug-likeness (QED) is 0.249. The molecule has 4 rings (SSSR count). The highest BCUT2D eigenvalue weighted by Crippen LogP contribution is 2.39. The number of benzene rings is 3. The molecular formula is C29H34BrN5O2. The number of hydrogen-bond donors (Lipinski definition) is 2. The van der Waals surface area contributed by atoms with E-state index < -0.39 is 5.41 Å². The molecule has 3 aromatic carbocycles. The number of anilines is 4. The van der Waals surface area contributed by atoms with Gasteiger partial charge >= 0.3 is 0 Å². The van der Waals surface area contributed by atoms with E-state index in [1.807, 2.05) is 64.2 Å². The largest absolute Gasteiger partial charge is 0.495 e. The Balaban J connectivity index is 1.85.